The Balaban J connectivity index is 1.92. The number of rotatable bonds is 6. The number of thioether (sulfide) groups is 1. The van der Waals surface area contributed by atoms with Gasteiger partial charge in [-0.15, -0.1) is 5.10 Å². The summed E-state index contributed by atoms with van der Waals surface area (Å²) < 4.78 is 1.46. The third-order valence-corrected chi connectivity index (χ3v) is 5.03. The van der Waals surface area contributed by atoms with Crippen LogP contribution in [0.5, 0.6) is 0 Å². The fourth-order valence-corrected chi connectivity index (χ4v) is 3.37. The maximum atomic E-state index is 13.0. The number of amides is 1. The van der Waals surface area contributed by atoms with E-state index in [1.165, 1.54) is 16.8 Å². The highest BCUT2D eigenvalue weighted by Crippen LogP contribution is 2.35. The molecule has 0 unspecified atom stereocenters. The molecule has 0 fully saturated rings. The third-order valence-electron chi connectivity index (χ3n) is 3.75. The van der Waals surface area contributed by atoms with E-state index in [2.05, 4.69) is 20.8 Å². The molecule has 9 nitrogen and oxygen atoms in total. The Kier molecular flexibility index (Phi) is 5.46. The zero-order valence-corrected chi connectivity index (χ0v) is 15.4. The summed E-state index contributed by atoms with van der Waals surface area (Å²) >= 11 is 1.16. The number of carbonyl (C=O) groups is 1. The zero-order chi connectivity index (χ0) is 19.4. The van der Waals surface area contributed by atoms with E-state index in [1.54, 1.807) is 20.0 Å². The van der Waals surface area contributed by atoms with Gasteiger partial charge in [0.1, 0.15) is 10.9 Å². The van der Waals surface area contributed by atoms with Crippen LogP contribution in [0.15, 0.2) is 53.7 Å². The van der Waals surface area contributed by atoms with Gasteiger partial charge in [-0.25, -0.2) is 4.68 Å². The number of benzene rings is 2. The van der Waals surface area contributed by atoms with Crippen LogP contribution in [0.3, 0.4) is 0 Å². The molecular weight excluding hydrogens is 368 g/mol. The number of nitrogens with zero attached hydrogens (tertiary/aromatic N) is 5. The summed E-state index contributed by atoms with van der Waals surface area (Å²) in [7, 11) is 1.67. The van der Waals surface area contributed by atoms with Crippen molar-refractivity contribution in [2.75, 3.05) is 5.32 Å². The van der Waals surface area contributed by atoms with Gasteiger partial charge >= 0.3 is 0 Å². The van der Waals surface area contributed by atoms with Crippen LogP contribution in [0, 0.1) is 17.0 Å². The van der Waals surface area contributed by atoms with Crippen LogP contribution < -0.4 is 5.32 Å². The first-order valence-corrected chi connectivity index (χ1v) is 8.83. The molecule has 3 rings (SSSR count). The number of aryl methyl sites for hydroxylation is 2. The lowest BCUT2D eigenvalue weighted by molar-refractivity contribution is -0.384. The lowest BCUT2D eigenvalue weighted by Crippen LogP contribution is -2.20. The van der Waals surface area contributed by atoms with Crippen molar-refractivity contribution in [3.05, 3.63) is 69.8 Å². The standard InChI is InChI=1S/C17H16N6O3S/c1-11-8-9-13(14(10-11)23(25)26)18-16(24)15(12-6-4-3-5-7-12)27-17-19-20-21-22(17)2/h3-10,15H,1-2H3,(H,18,24)/t15-/m1/s1. The van der Waals surface area contributed by atoms with Crippen molar-refractivity contribution in [3.8, 4) is 0 Å². The number of nitrogens with one attached hydrogen (secondary N) is 1. The predicted molar refractivity (Wildman–Crippen MR) is 100 cm³/mol. The molecule has 10 heteroatoms. The molecule has 0 aliphatic rings. The van der Waals surface area contributed by atoms with E-state index in [9.17, 15) is 14.9 Å². The van der Waals surface area contributed by atoms with Crippen LogP contribution in [-0.4, -0.2) is 31.0 Å². The summed E-state index contributed by atoms with van der Waals surface area (Å²) in [4.78, 5) is 23.8. The maximum absolute atomic E-state index is 13.0. The molecule has 0 aliphatic heterocycles. The van der Waals surface area contributed by atoms with Crippen molar-refractivity contribution < 1.29 is 9.72 Å². The normalized spacial score (nSPS) is 11.8. The molecule has 1 heterocycles. The number of anilines is 1. The van der Waals surface area contributed by atoms with E-state index in [-0.39, 0.29) is 11.4 Å². The van der Waals surface area contributed by atoms with Gasteiger partial charge in [-0.1, -0.05) is 48.2 Å². The molecule has 0 spiro atoms. The van der Waals surface area contributed by atoms with Gasteiger partial charge in [-0.05, 0) is 34.5 Å². The molecule has 0 aliphatic carbocycles. The van der Waals surface area contributed by atoms with Gasteiger partial charge in [-0.3, -0.25) is 14.9 Å². The smallest absolute Gasteiger partial charge is 0.293 e. The number of hydrogen-bond acceptors (Lipinski definition) is 7. The van der Waals surface area contributed by atoms with Gasteiger partial charge in [0.05, 0.1) is 4.92 Å². The fourth-order valence-electron chi connectivity index (χ4n) is 2.42. The highest BCUT2D eigenvalue weighted by molar-refractivity contribution is 8.00. The summed E-state index contributed by atoms with van der Waals surface area (Å²) in [5, 5.41) is 25.0. The number of nitro groups is 1. The Labute approximate surface area is 158 Å². The number of hydrogen-bond donors (Lipinski definition) is 1. The van der Waals surface area contributed by atoms with E-state index < -0.39 is 16.1 Å². The van der Waals surface area contributed by atoms with Crippen LogP contribution in [0.1, 0.15) is 16.4 Å². The van der Waals surface area contributed by atoms with E-state index >= 15 is 0 Å². The Morgan fingerprint density at radius 3 is 2.63 bits per heavy atom. The average molecular weight is 384 g/mol. The van der Waals surface area contributed by atoms with Crippen molar-refractivity contribution in [3.63, 3.8) is 0 Å². The molecule has 1 N–H and O–H groups in total. The summed E-state index contributed by atoms with van der Waals surface area (Å²) in [6.07, 6.45) is 0. The molecule has 1 aromatic heterocycles. The lowest BCUT2D eigenvalue weighted by atomic mass is 10.1. The van der Waals surface area contributed by atoms with Crippen LogP contribution in [0.4, 0.5) is 11.4 Å². The quantitative estimate of drug-likeness (QED) is 0.394. The highest BCUT2D eigenvalue weighted by Gasteiger charge is 2.26. The molecule has 0 radical (unpaired) electrons. The first kappa shape index (κ1) is 18.5. The summed E-state index contributed by atoms with van der Waals surface area (Å²) in [5.41, 5.74) is 1.46. The average Bonchev–Trinajstić information content (AvgIpc) is 3.06. The maximum Gasteiger partial charge on any atom is 0.293 e. The largest absolute Gasteiger partial charge is 0.319 e. The van der Waals surface area contributed by atoms with Crippen molar-refractivity contribution in [2.24, 2.45) is 7.05 Å². The highest BCUT2D eigenvalue weighted by atomic mass is 32.2. The molecule has 27 heavy (non-hydrogen) atoms. The molecule has 1 amide bonds. The van der Waals surface area contributed by atoms with Gasteiger partial charge in [0.2, 0.25) is 11.1 Å². The minimum atomic E-state index is -0.684. The SMILES string of the molecule is Cc1ccc(NC(=O)[C@H](Sc2nnnn2C)c2ccccc2)c([N+](=O)[O-])c1. The zero-order valence-electron chi connectivity index (χ0n) is 14.6. The van der Waals surface area contributed by atoms with E-state index in [0.717, 1.165) is 22.9 Å². The van der Waals surface area contributed by atoms with E-state index in [0.29, 0.717) is 5.16 Å². The summed E-state index contributed by atoms with van der Waals surface area (Å²) in [6.45, 7) is 1.75. The molecule has 3 aromatic rings. The Hall–Kier alpha value is -3.27. The Morgan fingerprint density at radius 2 is 2.00 bits per heavy atom. The van der Waals surface area contributed by atoms with Gasteiger partial charge in [-0.2, -0.15) is 0 Å². The monoisotopic (exact) mass is 384 g/mol. The van der Waals surface area contributed by atoms with Gasteiger partial charge < -0.3 is 5.32 Å². The second-order valence-corrected chi connectivity index (χ2v) is 6.83. The van der Waals surface area contributed by atoms with Crippen molar-refractivity contribution in [1.29, 1.82) is 0 Å². The minimum absolute atomic E-state index is 0.147. The first-order valence-electron chi connectivity index (χ1n) is 7.95. The molecule has 0 bridgehead atoms. The van der Waals surface area contributed by atoms with Gasteiger partial charge in [0, 0.05) is 13.1 Å². The van der Waals surface area contributed by atoms with Crippen molar-refractivity contribution >= 4 is 29.0 Å². The number of tetrazole rings is 1. The molecule has 0 saturated heterocycles. The fraction of sp³-hybridized carbons (Fsp3) is 0.176. The molecule has 138 valence electrons. The molecule has 1 atom stereocenters. The van der Waals surface area contributed by atoms with Crippen LogP contribution >= 0.6 is 11.8 Å². The van der Waals surface area contributed by atoms with E-state index in [1.807, 2.05) is 30.3 Å². The predicted octanol–water partition coefficient (Wildman–Crippen LogP) is 2.90. The Morgan fingerprint density at radius 1 is 1.26 bits per heavy atom. The van der Waals surface area contributed by atoms with Crippen molar-refractivity contribution in [1.82, 2.24) is 20.2 Å². The molecule has 2 aromatic carbocycles. The van der Waals surface area contributed by atoms with Crippen LogP contribution in [-0.2, 0) is 11.8 Å². The first-order chi connectivity index (χ1) is 13.0. The minimum Gasteiger partial charge on any atom is -0.319 e. The van der Waals surface area contributed by atoms with Crippen LogP contribution in [0.2, 0.25) is 0 Å². The molecular formula is C17H16N6O3S. The third kappa shape index (κ3) is 4.29. The second kappa shape index (κ2) is 7.96. The van der Waals surface area contributed by atoms with Crippen molar-refractivity contribution in [2.45, 2.75) is 17.3 Å². The number of carbonyl (C=O) groups excluding carboxylic acids is 1. The summed E-state index contributed by atoms with van der Waals surface area (Å²) in [5.74, 6) is -0.402. The van der Waals surface area contributed by atoms with E-state index in [4.69, 9.17) is 0 Å². The number of aromatic nitrogens is 4. The molecule has 0 saturated carbocycles. The second-order valence-electron chi connectivity index (χ2n) is 5.76. The lowest BCUT2D eigenvalue weighted by Gasteiger charge is -2.16. The number of nitro benzene ring substituents is 1. The summed E-state index contributed by atoms with van der Waals surface area (Å²) in [6, 6.07) is 13.8. The topological polar surface area (TPSA) is 116 Å². The van der Waals surface area contributed by atoms with Gasteiger partial charge in [0.25, 0.3) is 5.69 Å². The van der Waals surface area contributed by atoms with Crippen LogP contribution in [0.25, 0.3) is 0 Å². The van der Waals surface area contributed by atoms with Gasteiger partial charge in [0.15, 0.2) is 0 Å². The Bertz CT molecular complexity index is 976.